The zero-order valence-corrected chi connectivity index (χ0v) is 11.0. The van der Waals surface area contributed by atoms with Crippen LogP contribution in [0.15, 0.2) is 25.3 Å². The molecule has 1 unspecified atom stereocenters. The van der Waals surface area contributed by atoms with E-state index in [9.17, 15) is 4.79 Å². The van der Waals surface area contributed by atoms with Gasteiger partial charge in [0.15, 0.2) is 5.79 Å². The average molecular weight is 250 g/mol. The third-order valence-corrected chi connectivity index (χ3v) is 4.19. The fraction of sp³-hybridized carbons (Fsp3) is 0.667. The number of rotatable bonds is 6. The van der Waals surface area contributed by atoms with Crippen LogP contribution >= 0.6 is 0 Å². The molecular formula is C15H22O3. The molecule has 1 spiro atoms. The van der Waals surface area contributed by atoms with Gasteiger partial charge in [0.2, 0.25) is 0 Å². The topological polar surface area (TPSA) is 35.5 Å². The normalized spacial score (nSPS) is 29.6. The number of ether oxygens (including phenoxy) is 2. The maximum atomic E-state index is 12.6. The summed E-state index contributed by atoms with van der Waals surface area (Å²) in [5.74, 6) is -0.443. The van der Waals surface area contributed by atoms with Gasteiger partial charge >= 0.3 is 0 Å². The molecule has 0 radical (unpaired) electrons. The first-order valence-electron chi connectivity index (χ1n) is 6.74. The van der Waals surface area contributed by atoms with Gasteiger partial charge in [-0.15, -0.1) is 13.2 Å². The van der Waals surface area contributed by atoms with E-state index in [1.165, 1.54) is 0 Å². The molecule has 0 N–H and O–H groups in total. The molecule has 1 heterocycles. The van der Waals surface area contributed by atoms with Crippen LogP contribution < -0.4 is 0 Å². The number of allylic oxidation sites excluding steroid dienone is 2. The van der Waals surface area contributed by atoms with Crippen LogP contribution in [-0.2, 0) is 14.3 Å². The van der Waals surface area contributed by atoms with E-state index in [1.807, 2.05) is 6.08 Å². The van der Waals surface area contributed by atoms with E-state index in [4.69, 9.17) is 9.47 Å². The van der Waals surface area contributed by atoms with Crippen molar-refractivity contribution in [2.45, 2.75) is 44.3 Å². The molecule has 1 aliphatic carbocycles. The highest BCUT2D eigenvalue weighted by Crippen LogP contribution is 2.54. The molecule has 0 aromatic heterocycles. The molecule has 1 atom stereocenters. The Balaban J connectivity index is 2.27. The number of hydrogen-bond acceptors (Lipinski definition) is 3. The van der Waals surface area contributed by atoms with E-state index < -0.39 is 11.2 Å². The molecule has 2 fully saturated rings. The summed E-state index contributed by atoms with van der Waals surface area (Å²) in [6.07, 6.45) is 8.13. The van der Waals surface area contributed by atoms with Crippen molar-refractivity contribution in [1.29, 1.82) is 0 Å². The Kier molecular flexibility index (Phi) is 4.03. The van der Waals surface area contributed by atoms with Crippen LogP contribution in [0.4, 0.5) is 0 Å². The fourth-order valence-electron chi connectivity index (χ4n) is 3.37. The predicted molar refractivity (Wildman–Crippen MR) is 70.2 cm³/mol. The van der Waals surface area contributed by atoms with Gasteiger partial charge in [0.05, 0.1) is 18.6 Å². The van der Waals surface area contributed by atoms with Crippen LogP contribution in [0.2, 0.25) is 0 Å². The van der Waals surface area contributed by atoms with Crippen molar-refractivity contribution in [2.24, 2.45) is 5.41 Å². The van der Waals surface area contributed by atoms with Crippen molar-refractivity contribution in [3.05, 3.63) is 25.3 Å². The first-order chi connectivity index (χ1) is 8.71. The summed E-state index contributed by atoms with van der Waals surface area (Å²) in [6, 6.07) is 0. The van der Waals surface area contributed by atoms with Crippen molar-refractivity contribution >= 4 is 5.78 Å². The zero-order chi connectivity index (χ0) is 13.1. The number of carbonyl (C=O) groups is 1. The summed E-state index contributed by atoms with van der Waals surface area (Å²) in [5.41, 5.74) is -0.520. The van der Waals surface area contributed by atoms with E-state index in [0.717, 1.165) is 19.3 Å². The molecule has 3 nitrogen and oxygen atoms in total. The molecule has 100 valence electrons. The standard InChI is InChI=1S/C15H22O3/c1-3-5-7-13(16)14(8-4-2)9-6-10-15(14)17-11-12-18-15/h3-4H,1-2,5-12H2. The Morgan fingerprint density at radius 1 is 1.17 bits per heavy atom. The summed E-state index contributed by atoms with van der Waals surface area (Å²) in [6.45, 7) is 8.67. The molecule has 0 amide bonds. The lowest BCUT2D eigenvalue weighted by Gasteiger charge is -2.40. The van der Waals surface area contributed by atoms with Crippen LogP contribution in [0.3, 0.4) is 0 Å². The minimum atomic E-state index is -0.681. The summed E-state index contributed by atoms with van der Waals surface area (Å²) in [4.78, 5) is 12.6. The average Bonchev–Trinajstić information content (AvgIpc) is 2.97. The van der Waals surface area contributed by atoms with Crippen molar-refractivity contribution in [3.63, 3.8) is 0 Å². The monoisotopic (exact) mass is 250 g/mol. The molecule has 1 aliphatic heterocycles. The smallest absolute Gasteiger partial charge is 0.181 e. The third kappa shape index (κ3) is 1.95. The lowest BCUT2D eigenvalue weighted by molar-refractivity contribution is -0.218. The SMILES string of the molecule is C=CCCC(=O)C1(CC=C)CCCC12OCCO2. The van der Waals surface area contributed by atoms with E-state index in [2.05, 4.69) is 13.2 Å². The van der Waals surface area contributed by atoms with Gasteiger partial charge in [-0.2, -0.15) is 0 Å². The van der Waals surface area contributed by atoms with Gasteiger partial charge in [0.25, 0.3) is 0 Å². The number of hydrogen-bond donors (Lipinski definition) is 0. The summed E-state index contributed by atoms with van der Waals surface area (Å²) < 4.78 is 11.7. The van der Waals surface area contributed by atoms with Crippen molar-refractivity contribution in [2.75, 3.05) is 13.2 Å². The van der Waals surface area contributed by atoms with Crippen LogP contribution in [0, 0.1) is 5.41 Å². The predicted octanol–water partition coefficient (Wildman–Crippen LogP) is 3.01. The molecule has 0 aromatic carbocycles. The quantitative estimate of drug-likeness (QED) is 0.680. The number of carbonyl (C=O) groups excluding carboxylic acids is 1. The molecule has 0 bridgehead atoms. The van der Waals surface area contributed by atoms with Gasteiger partial charge in [-0.1, -0.05) is 12.2 Å². The first-order valence-corrected chi connectivity index (χ1v) is 6.74. The molecule has 3 heteroatoms. The van der Waals surface area contributed by atoms with Crippen molar-refractivity contribution < 1.29 is 14.3 Å². The largest absolute Gasteiger partial charge is 0.346 e. The Bertz CT molecular complexity index is 336. The van der Waals surface area contributed by atoms with Crippen LogP contribution in [0.1, 0.15) is 38.5 Å². The molecule has 2 rings (SSSR count). The van der Waals surface area contributed by atoms with Crippen LogP contribution in [-0.4, -0.2) is 24.8 Å². The molecular weight excluding hydrogens is 228 g/mol. The third-order valence-electron chi connectivity index (χ3n) is 4.19. The first kappa shape index (κ1) is 13.5. The van der Waals surface area contributed by atoms with Crippen molar-refractivity contribution in [1.82, 2.24) is 0 Å². The van der Waals surface area contributed by atoms with Gasteiger partial charge in [-0.3, -0.25) is 4.79 Å². The van der Waals surface area contributed by atoms with E-state index >= 15 is 0 Å². The summed E-state index contributed by atoms with van der Waals surface area (Å²) >= 11 is 0. The highest BCUT2D eigenvalue weighted by Gasteiger charge is 2.61. The maximum absolute atomic E-state index is 12.6. The highest BCUT2D eigenvalue weighted by molar-refractivity contribution is 5.86. The highest BCUT2D eigenvalue weighted by atomic mass is 16.7. The zero-order valence-electron chi connectivity index (χ0n) is 11.0. The minimum Gasteiger partial charge on any atom is -0.346 e. The van der Waals surface area contributed by atoms with Crippen LogP contribution in [0.25, 0.3) is 0 Å². The van der Waals surface area contributed by atoms with E-state index in [1.54, 1.807) is 6.08 Å². The van der Waals surface area contributed by atoms with Gasteiger partial charge in [0, 0.05) is 12.8 Å². The van der Waals surface area contributed by atoms with Gasteiger partial charge < -0.3 is 9.47 Å². The summed E-state index contributed by atoms with van der Waals surface area (Å²) in [7, 11) is 0. The van der Waals surface area contributed by atoms with Gasteiger partial charge in [-0.05, 0) is 25.7 Å². The number of ketones is 1. The Hall–Kier alpha value is -0.930. The Morgan fingerprint density at radius 2 is 1.89 bits per heavy atom. The second kappa shape index (κ2) is 5.37. The lowest BCUT2D eigenvalue weighted by Crippen LogP contribution is -2.50. The second-order valence-corrected chi connectivity index (χ2v) is 5.13. The van der Waals surface area contributed by atoms with Gasteiger partial charge in [0.1, 0.15) is 5.78 Å². The molecule has 1 saturated carbocycles. The fourth-order valence-corrected chi connectivity index (χ4v) is 3.37. The van der Waals surface area contributed by atoms with Crippen LogP contribution in [0.5, 0.6) is 0 Å². The molecule has 0 aromatic rings. The minimum absolute atomic E-state index is 0.238. The number of Topliss-reactive ketones (excluding diaryl/α,β-unsaturated/α-hetero) is 1. The lowest BCUT2D eigenvalue weighted by atomic mass is 9.73. The summed E-state index contributed by atoms with van der Waals surface area (Å²) in [5, 5.41) is 0. The molecule has 18 heavy (non-hydrogen) atoms. The van der Waals surface area contributed by atoms with Gasteiger partial charge in [-0.25, -0.2) is 0 Å². The van der Waals surface area contributed by atoms with E-state index in [0.29, 0.717) is 32.5 Å². The van der Waals surface area contributed by atoms with E-state index in [-0.39, 0.29) is 5.78 Å². The Labute approximate surface area is 109 Å². The Morgan fingerprint density at radius 3 is 2.50 bits per heavy atom. The second-order valence-electron chi connectivity index (χ2n) is 5.13. The molecule has 2 aliphatic rings. The van der Waals surface area contributed by atoms with Crippen molar-refractivity contribution in [3.8, 4) is 0 Å². The maximum Gasteiger partial charge on any atom is 0.181 e. The molecule has 1 saturated heterocycles.